The lowest BCUT2D eigenvalue weighted by Crippen LogP contribution is -2.30. The van der Waals surface area contributed by atoms with Gasteiger partial charge in [0, 0.05) is 19.3 Å². The molecule has 0 fully saturated rings. The summed E-state index contributed by atoms with van der Waals surface area (Å²) < 4.78 is 16.9. The lowest BCUT2D eigenvalue weighted by Gasteiger charge is -2.18. The zero-order chi connectivity index (χ0) is 52.9. The molecule has 0 heterocycles. The Hall–Kier alpha value is -2.89. The molecule has 0 amide bonds. The fourth-order valence-electron chi connectivity index (χ4n) is 9.30. The molecule has 0 saturated carbocycles. The van der Waals surface area contributed by atoms with Crippen molar-refractivity contribution >= 4 is 17.9 Å². The molecule has 0 rings (SSSR count). The number of unbranched alkanes of at least 4 members (excludes halogenated alkanes) is 37. The summed E-state index contributed by atoms with van der Waals surface area (Å²) in [5.74, 6) is -0.856. The van der Waals surface area contributed by atoms with Gasteiger partial charge < -0.3 is 14.2 Å². The lowest BCUT2D eigenvalue weighted by atomic mass is 10.0. The molecule has 73 heavy (non-hydrogen) atoms. The van der Waals surface area contributed by atoms with Gasteiger partial charge in [0.15, 0.2) is 6.10 Å². The topological polar surface area (TPSA) is 78.9 Å². The van der Waals surface area contributed by atoms with Crippen molar-refractivity contribution in [3.05, 3.63) is 60.8 Å². The second-order valence-electron chi connectivity index (χ2n) is 21.3. The Morgan fingerprint density at radius 1 is 0.288 bits per heavy atom. The molecule has 6 heteroatoms. The molecular weight excluding hydrogens is 901 g/mol. The Balaban J connectivity index is 4.11. The predicted octanol–water partition coefficient (Wildman–Crippen LogP) is 21.6. The van der Waals surface area contributed by atoms with Crippen LogP contribution in [-0.4, -0.2) is 37.2 Å². The molecule has 0 aliphatic rings. The van der Waals surface area contributed by atoms with Crippen LogP contribution in [0.2, 0.25) is 0 Å². The number of rotatable bonds is 58. The van der Waals surface area contributed by atoms with Crippen molar-refractivity contribution in [3.8, 4) is 0 Å². The van der Waals surface area contributed by atoms with Crippen molar-refractivity contribution in [2.24, 2.45) is 0 Å². The number of hydrogen-bond acceptors (Lipinski definition) is 6. The molecule has 0 aromatic heterocycles. The van der Waals surface area contributed by atoms with Crippen molar-refractivity contribution < 1.29 is 28.6 Å². The van der Waals surface area contributed by atoms with Gasteiger partial charge in [0.05, 0.1) is 0 Å². The van der Waals surface area contributed by atoms with Crippen molar-refractivity contribution in [1.82, 2.24) is 0 Å². The van der Waals surface area contributed by atoms with Gasteiger partial charge in [-0.3, -0.25) is 14.4 Å². The summed E-state index contributed by atoms with van der Waals surface area (Å²) in [6.45, 7) is 6.54. The summed E-state index contributed by atoms with van der Waals surface area (Å²) in [5.41, 5.74) is 0. The summed E-state index contributed by atoms with van der Waals surface area (Å²) in [4.78, 5) is 38.1. The predicted molar refractivity (Wildman–Crippen MR) is 316 cm³/mol. The van der Waals surface area contributed by atoms with Gasteiger partial charge in [-0.1, -0.05) is 306 Å². The molecule has 0 saturated heterocycles. The summed E-state index contributed by atoms with van der Waals surface area (Å²) >= 11 is 0. The Labute approximate surface area is 453 Å². The highest BCUT2D eigenvalue weighted by atomic mass is 16.6. The standard InChI is InChI=1S/C67H120O6/c1-4-7-10-13-16-19-21-23-25-27-29-30-31-32-33-34-35-36-37-38-39-41-42-44-46-48-51-54-57-60-66(69)72-63-64(62-71-65(68)59-56-53-50-18-15-12-9-6-3)73-67(70)61-58-55-52-49-47-45-43-40-28-26-24-22-20-17-14-11-8-5-2/h7,10,16,19,23,25,29-30,32-33,64H,4-6,8-9,11-15,17-18,20-22,24,26-28,31,34-63H2,1-3H3/b10-7-,19-16-,25-23-,30-29-,33-32-. The van der Waals surface area contributed by atoms with Gasteiger partial charge >= 0.3 is 17.9 Å². The maximum Gasteiger partial charge on any atom is 0.306 e. The van der Waals surface area contributed by atoms with E-state index in [0.717, 1.165) is 89.9 Å². The summed E-state index contributed by atoms with van der Waals surface area (Å²) in [5, 5.41) is 0. The molecule has 0 aliphatic carbocycles. The second kappa shape index (κ2) is 61.7. The van der Waals surface area contributed by atoms with E-state index in [2.05, 4.69) is 81.5 Å². The zero-order valence-electron chi connectivity index (χ0n) is 48.7. The first-order valence-corrected chi connectivity index (χ1v) is 31.8. The van der Waals surface area contributed by atoms with Gasteiger partial charge in [-0.05, 0) is 64.2 Å². The first-order valence-electron chi connectivity index (χ1n) is 31.8. The number of hydrogen-bond donors (Lipinski definition) is 0. The Bertz CT molecular complexity index is 1310. The first-order chi connectivity index (χ1) is 36.0. The molecule has 1 atom stereocenters. The molecule has 424 valence electrons. The van der Waals surface area contributed by atoms with E-state index >= 15 is 0 Å². The minimum Gasteiger partial charge on any atom is -0.462 e. The molecular formula is C67H120O6. The smallest absolute Gasteiger partial charge is 0.306 e. The highest BCUT2D eigenvalue weighted by Gasteiger charge is 2.19. The maximum absolute atomic E-state index is 12.9. The van der Waals surface area contributed by atoms with E-state index in [1.54, 1.807) is 0 Å². The number of ether oxygens (including phenoxy) is 3. The minimum absolute atomic E-state index is 0.0690. The molecule has 0 bridgehead atoms. The quantitative estimate of drug-likeness (QED) is 0.0261. The van der Waals surface area contributed by atoms with Crippen LogP contribution >= 0.6 is 0 Å². The minimum atomic E-state index is -0.769. The average molecular weight is 1020 g/mol. The highest BCUT2D eigenvalue weighted by molar-refractivity contribution is 5.71. The number of allylic oxidation sites excluding steroid dienone is 10. The molecule has 1 unspecified atom stereocenters. The third kappa shape index (κ3) is 59.9. The Morgan fingerprint density at radius 2 is 0.534 bits per heavy atom. The van der Waals surface area contributed by atoms with E-state index < -0.39 is 6.10 Å². The third-order valence-electron chi connectivity index (χ3n) is 14.0. The molecule has 0 N–H and O–H groups in total. The monoisotopic (exact) mass is 1020 g/mol. The fourth-order valence-corrected chi connectivity index (χ4v) is 9.30. The van der Waals surface area contributed by atoms with Crippen LogP contribution in [0.3, 0.4) is 0 Å². The van der Waals surface area contributed by atoms with Crippen LogP contribution in [0.15, 0.2) is 60.8 Å². The molecule has 0 radical (unpaired) electrons. The van der Waals surface area contributed by atoms with Crippen LogP contribution in [0.25, 0.3) is 0 Å². The normalized spacial score (nSPS) is 12.4. The van der Waals surface area contributed by atoms with Crippen LogP contribution in [0.4, 0.5) is 0 Å². The summed E-state index contributed by atoms with van der Waals surface area (Å²) in [7, 11) is 0. The van der Waals surface area contributed by atoms with Gasteiger partial charge in [-0.25, -0.2) is 0 Å². The molecule has 0 spiro atoms. The highest BCUT2D eigenvalue weighted by Crippen LogP contribution is 2.17. The number of carbonyl (C=O) groups is 3. The van der Waals surface area contributed by atoms with Crippen LogP contribution in [0.5, 0.6) is 0 Å². The second-order valence-corrected chi connectivity index (χ2v) is 21.3. The van der Waals surface area contributed by atoms with Crippen LogP contribution in [0.1, 0.15) is 329 Å². The van der Waals surface area contributed by atoms with E-state index in [4.69, 9.17) is 14.2 Å². The lowest BCUT2D eigenvalue weighted by molar-refractivity contribution is -0.167. The van der Waals surface area contributed by atoms with Gasteiger partial charge in [-0.2, -0.15) is 0 Å². The van der Waals surface area contributed by atoms with Crippen molar-refractivity contribution in [2.45, 2.75) is 335 Å². The van der Waals surface area contributed by atoms with E-state index in [0.29, 0.717) is 19.3 Å². The SMILES string of the molecule is CC/C=C\C/C=C\C/C=C\C/C=C\C/C=C\CCCCCCCCCCCCCCCC(=O)OCC(COC(=O)CCCCCCCCCC)OC(=O)CCCCCCCCCCCCCCCCCCCC. The van der Waals surface area contributed by atoms with E-state index in [-0.39, 0.29) is 31.1 Å². The van der Waals surface area contributed by atoms with Crippen molar-refractivity contribution in [3.63, 3.8) is 0 Å². The van der Waals surface area contributed by atoms with Gasteiger partial charge in [0.25, 0.3) is 0 Å². The molecule has 0 aromatic rings. The fraction of sp³-hybridized carbons (Fsp3) is 0.806. The first kappa shape index (κ1) is 70.1. The summed E-state index contributed by atoms with van der Waals surface area (Å²) in [6.07, 6.45) is 78.2. The average Bonchev–Trinajstić information content (AvgIpc) is 3.39. The van der Waals surface area contributed by atoms with Gasteiger partial charge in [0.2, 0.25) is 0 Å². The van der Waals surface area contributed by atoms with E-state index in [9.17, 15) is 14.4 Å². The van der Waals surface area contributed by atoms with E-state index in [1.165, 1.54) is 199 Å². The van der Waals surface area contributed by atoms with Gasteiger partial charge in [-0.15, -0.1) is 0 Å². The molecule has 6 nitrogen and oxygen atoms in total. The molecule has 0 aliphatic heterocycles. The third-order valence-corrected chi connectivity index (χ3v) is 14.0. The van der Waals surface area contributed by atoms with Crippen LogP contribution in [-0.2, 0) is 28.6 Å². The number of carbonyl (C=O) groups excluding carboxylic acids is 3. The molecule has 0 aromatic carbocycles. The Kier molecular flexibility index (Phi) is 59.2. The van der Waals surface area contributed by atoms with Crippen molar-refractivity contribution in [1.29, 1.82) is 0 Å². The van der Waals surface area contributed by atoms with E-state index in [1.807, 2.05) is 0 Å². The number of esters is 3. The van der Waals surface area contributed by atoms with Gasteiger partial charge in [0.1, 0.15) is 13.2 Å². The largest absolute Gasteiger partial charge is 0.462 e. The Morgan fingerprint density at radius 3 is 0.836 bits per heavy atom. The summed E-state index contributed by atoms with van der Waals surface area (Å²) in [6, 6.07) is 0. The zero-order valence-corrected chi connectivity index (χ0v) is 48.7. The van der Waals surface area contributed by atoms with Crippen LogP contribution in [0, 0.1) is 0 Å². The van der Waals surface area contributed by atoms with Crippen molar-refractivity contribution in [2.75, 3.05) is 13.2 Å². The maximum atomic E-state index is 12.9. The van der Waals surface area contributed by atoms with Crippen LogP contribution < -0.4 is 0 Å².